The first-order chi connectivity index (χ1) is 6.24. The molecule has 1 saturated heterocycles. The van der Waals surface area contributed by atoms with Gasteiger partial charge in [-0.3, -0.25) is 9.59 Å². The maximum Gasteiger partial charge on any atom is 0.305 e. The van der Waals surface area contributed by atoms with Crippen molar-refractivity contribution in [2.24, 2.45) is 0 Å². The third-order valence-electron chi connectivity index (χ3n) is 1.88. The highest BCUT2D eigenvalue weighted by Crippen LogP contribution is 2.17. The van der Waals surface area contributed by atoms with Crippen LogP contribution in [0.4, 0.5) is 4.79 Å². The van der Waals surface area contributed by atoms with E-state index in [1.165, 1.54) is 18.9 Å². The normalized spacial score (nSPS) is 16.4. The maximum atomic E-state index is 11.1. The van der Waals surface area contributed by atoms with Crippen LogP contribution in [-0.4, -0.2) is 42.1 Å². The summed E-state index contributed by atoms with van der Waals surface area (Å²) in [5.74, 6) is 0.663. The van der Waals surface area contributed by atoms with Gasteiger partial charge in [0.15, 0.2) is 0 Å². The molecular formula is C8H13NO3S. The molecule has 1 fully saturated rings. The van der Waals surface area contributed by atoms with Crippen molar-refractivity contribution in [3.05, 3.63) is 0 Å². The first-order valence-corrected chi connectivity index (χ1v) is 5.21. The average molecular weight is 203 g/mol. The second-order valence-corrected chi connectivity index (χ2v) is 3.83. The molecule has 1 heterocycles. The van der Waals surface area contributed by atoms with Crippen LogP contribution in [0.3, 0.4) is 0 Å². The molecule has 4 nitrogen and oxygen atoms in total. The van der Waals surface area contributed by atoms with E-state index in [0.717, 1.165) is 12.3 Å². The van der Waals surface area contributed by atoms with Crippen LogP contribution in [0.2, 0.25) is 0 Å². The van der Waals surface area contributed by atoms with Crippen LogP contribution in [0.1, 0.15) is 12.8 Å². The standard InChI is InChI=1S/C8H13NO3S/c1-12-7(10)3-2-4-9-5-6-13-8(9)11/h2-6H2,1H3. The van der Waals surface area contributed by atoms with E-state index in [4.69, 9.17) is 0 Å². The second-order valence-electron chi connectivity index (χ2n) is 2.78. The summed E-state index contributed by atoms with van der Waals surface area (Å²) < 4.78 is 4.49. The number of amides is 1. The Morgan fingerprint density at radius 1 is 1.69 bits per heavy atom. The van der Waals surface area contributed by atoms with Gasteiger partial charge in [0.25, 0.3) is 5.24 Å². The lowest BCUT2D eigenvalue weighted by atomic mass is 10.3. The van der Waals surface area contributed by atoms with Crippen molar-refractivity contribution in [1.29, 1.82) is 0 Å². The molecule has 13 heavy (non-hydrogen) atoms. The predicted molar refractivity (Wildman–Crippen MR) is 50.7 cm³/mol. The van der Waals surface area contributed by atoms with Gasteiger partial charge in [-0.05, 0) is 6.42 Å². The third kappa shape index (κ3) is 3.26. The summed E-state index contributed by atoms with van der Waals surface area (Å²) in [6, 6.07) is 0. The first kappa shape index (κ1) is 10.4. The van der Waals surface area contributed by atoms with E-state index in [1.807, 2.05) is 0 Å². The van der Waals surface area contributed by atoms with Crippen LogP contribution >= 0.6 is 11.8 Å². The minimum Gasteiger partial charge on any atom is -0.469 e. The van der Waals surface area contributed by atoms with E-state index in [0.29, 0.717) is 19.4 Å². The number of methoxy groups -OCH3 is 1. The van der Waals surface area contributed by atoms with E-state index in [1.54, 1.807) is 4.90 Å². The number of rotatable bonds is 4. The van der Waals surface area contributed by atoms with Gasteiger partial charge < -0.3 is 9.64 Å². The smallest absolute Gasteiger partial charge is 0.305 e. The molecule has 0 atom stereocenters. The van der Waals surface area contributed by atoms with Crippen LogP contribution in [0.5, 0.6) is 0 Å². The van der Waals surface area contributed by atoms with E-state index in [-0.39, 0.29) is 11.2 Å². The molecule has 0 aromatic rings. The Morgan fingerprint density at radius 2 is 2.46 bits per heavy atom. The number of carbonyl (C=O) groups excluding carboxylic acids is 2. The Balaban J connectivity index is 2.12. The predicted octanol–water partition coefficient (Wildman–Crippen LogP) is 1.11. The molecule has 1 amide bonds. The van der Waals surface area contributed by atoms with Crippen molar-refractivity contribution in [3.63, 3.8) is 0 Å². The molecule has 1 aliphatic rings. The molecule has 0 N–H and O–H groups in total. The molecule has 0 aromatic carbocycles. The summed E-state index contributed by atoms with van der Waals surface area (Å²) in [5.41, 5.74) is 0. The van der Waals surface area contributed by atoms with E-state index in [9.17, 15) is 9.59 Å². The Hall–Kier alpha value is -0.710. The minimum atomic E-state index is -0.209. The lowest BCUT2D eigenvalue weighted by molar-refractivity contribution is -0.140. The monoisotopic (exact) mass is 203 g/mol. The fourth-order valence-corrected chi connectivity index (χ4v) is 2.00. The summed E-state index contributed by atoms with van der Waals surface area (Å²) in [5, 5.41) is 0.130. The van der Waals surface area contributed by atoms with Crippen LogP contribution in [-0.2, 0) is 9.53 Å². The van der Waals surface area contributed by atoms with Gasteiger partial charge in [0.05, 0.1) is 7.11 Å². The summed E-state index contributed by atoms with van der Waals surface area (Å²) in [6.07, 6.45) is 1.09. The zero-order chi connectivity index (χ0) is 9.68. The van der Waals surface area contributed by atoms with Crippen LogP contribution < -0.4 is 0 Å². The molecule has 74 valence electrons. The van der Waals surface area contributed by atoms with Crippen molar-refractivity contribution in [3.8, 4) is 0 Å². The Labute approximate surface area is 81.6 Å². The zero-order valence-electron chi connectivity index (χ0n) is 7.62. The minimum absolute atomic E-state index is 0.130. The molecule has 0 unspecified atom stereocenters. The topological polar surface area (TPSA) is 46.6 Å². The van der Waals surface area contributed by atoms with E-state index >= 15 is 0 Å². The van der Waals surface area contributed by atoms with Gasteiger partial charge in [0, 0.05) is 25.3 Å². The van der Waals surface area contributed by atoms with Crippen molar-refractivity contribution in [2.45, 2.75) is 12.8 Å². The molecule has 1 rings (SSSR count). The summed E-state index contributed by atoms with van der Waals surface area (Å²) in [6.45, 7) is 1.48. The number of nitrogens with zero attached hydrogens (tertiary/aromatic N) is 1. The average Bonchev–Trinajstić information content (AvgIpc) is 2.52. The molecule has 0 radical (unpaired) electrons. The summed E-state index contributed by atoms with van der Waals surface area (Å²) in [4.78, 5) is 23.6. The van der Waals surface area contributed by atoms with E-state index < -0.39 is 0 Å². The fraction of sp³-hybridized carbons (Fsp3) is 0.750. The number of ether oxygens (including phenoxy) is 1. The second kappa shape index (κ2) is 5.11. The number of hydrogen-bond donors (Lipinski definition) is 0. The summed E-state index contributed by atoms with van der Waals surface area (Å²) >= 11 is 1.34. The molecule has 0 saturated carbocycles. The zero-order valence-corrected chi connectivity index (χ0v) is 8.43. The van der Waals surface area contributed by atoms with Crippen LogP contribution in [0.15, 0.2) is 0 Å². The van der Waals surface area contributed by atoms with Crippen molar-refractivity contribution in [2.75, 3.05) is 26.0 Å². The van der Waals surface area contributed by atoms with Crippen molar-refractivity contribution < 1.29 is 14.3 Å². The third-order valence-corrected chi connectivity index (χ3v) is 2.77. The van der Waals surface area contributed by atoms with E-state index in [2.05, 4.69) is 4.74 Å². The number of carbonyl (C=O) groups is 2. The first-order valence-electron chi connectivity index (χ1n) is 4.22. The SMILES string of the molecule is COC(=O)CCCN1CCSC1=O. The van der Waals surface area contributed by atoms with Gasteiger partial charge in [-0.15, -0.1) is 0 Å². The highest BCUT2D eigenvalue weighted by molar-refractivity contribution is 8.13. The van der Waals surface area contributed by atoms with Gasteiger partial charge in [0.2, 0.25) is 0 Å². The fourth-order valence-electron chi connectivity index (χ4n) is 1.15. The van der Waals surface area contributed by atoms with Crippen molar-refractivity contribution >= 4 is 23.0 Å². The van der Waals surface area contributed by atoms with Crippen LogP contribution in [0.25, 0.3) is 0 Å². The lowest BCUT2D eigenvalue weighted by Gasteiger charge is -2.13. The number of hydrogen-bond acceptors (Lipinski definition) is 4. The molecule has 1 aliphatic heterocycles. The Morgan fingerprint density at radius 3 is 3.00 bits per heavy atom. The Kier molecular flexibility index (Phi) is 4.08. The van der Waals surface area contributed by atoms with Gasteiger partial charge >= 0.3 is 5.97 Å². The van der Waals surface area contributed by atoms with Gasteiger partial charge in [-0.25, -0.2) is 0 Å². The largest absolute Gasteiger partial charge is 0.469 e. The molecule has 0 spiro atoms. The molecule has 0 bridgehead atoms. The molecule has 0 aromatic heterocycles. The molecule has 5 heteroatoms. The quantitative estimate of drug-likeness (QED) is 0.642. The maximum absolute atomic E-state index is 11.1. The molecular weight excluding hydrogens is 190 g/mol. The number of esters is 1. The lowest BCUT2D eigenvalue weighted by Crippen LogP contribution is -2.24. The highest BCUT2D eigenvalue weighted by atomic mass is 32.2. The summed E-state index contributed by atoms with van der Waals surface area (Å²) in [7, 11) is 1.37. The van der Waals surface area contributed by atoms with Crippen molar-refractivity contribution in [1.82, 2.24) is 4.90 Å². The van der Waals surface area contributed by atoms with Crippen LogP contribution in [0, 0.1) is 0 Å². The number of thioether (sulfide) groups is 1. The van der Waals surface area contributed by atoms with Gasteiger partial charge in [-0.1, -0.05) is 11.8 Å². The Bertz CT molecular complexity index is 208. The highest BCUT2D eigenvalue weighted by Gasteiger charge is 2.20. The molecule has 0 aliphatic carbocycles. The van der Waals surface area contributed by atoms with Gasteiger partial charge in [0.1, 0.15) is 0 Å². The van der Waals surface area contributed by atoms with Gasteiger partial charge in [-0.2, -0.15) is 0 Å².